The minimum absolute atomic E-state index is 0.0749. The molecule has 0 radical (unpaired) electrons. The van der Waals surface area contributed by atoms with E-state index < -0.39 is 40.9 Å². The highest BCUT2D eigenvalue weighted by Crippen LogP contribution is 2.32. The highest BCUT2D eigenvalue weighted by Gasteiger charge is 2.42. The lowest BCUT2D eigenvalue weighted by Crippen LogP contribution is -2.58. The number of aromatic nitrogens is 2. The molecule has 3 rings (SSSR count). The van der Waals surface area contributed by atoms with Crippen molar-refractivity contribution in [2.45, 2.75) is 91.5 Å². The maximum Gasteiger partial charge on any atom is 0.410 e. The van der Waals surface area contributed by atoms with Crippen molar-refractivity contribution < 1.29 is 33.0 Å². The van der Waals surface area contributed by atoms with Gasteiger partial charge < -0.3 is 28.9 Å². The van der Waals surface area contributed by atoms with Gasteiger partial charge in [-0.05, 0) is 59.8 Å². The highest BCUT2D eigenvalue weighted by molar-refractivity contribution is 5.95. The number of hydrogen-bond acceptors (Lipinski definition) is 6. The normalized spacial score (nSPS) is 18.3. The van der Waals surface area contributed by atoms with Gasteiger partial charge in [-0.1, -0.05) is 13.8 Å². The second-order valence-corrected chi connectivity index (χ2v) is 13.0. The zero-order valence-corrected chi connectivity index (χ0v) is 25.7. The van der Waals surface area contributed by atoms with Gasteiger partial charge in [-0.15, -0.1) is 0 Å². The standard InChI is InChI=1S/C30H46F2N4O5/c1-19(2)16-36(21-13-20(30(6,7)39)17-34(18-21)28(38)41-29(3,4)5)27(37)26-33-24-14-22(31)23(32)15-25(24)35(26)11-9-10-12-40-8/h14-15,19-21,39H,9-13,16-18H2,1-8H3/t20-,21+/m1/s1. The third-order valence-corrected chi connectivity index (χ3v) is 7.30. The van der Waals surface area contributed by atoms with Gasteiger partial charge in [0.15, 0.2) is 17.5 Å². The lowest BCUT2D eigenvalue weighted by Gasteiger charge is -2.46. The predicted octanol–water partition coefficient (Wildman–Crippen LogP) is 5.24. The second-order valence-electron chi connectivity index (χ2n) is 13.0. The van der Waals surface area contributed by atoms with Gasteiger partial charge in [0.25, 0.3) is 5.91 Å². The number of carbonyl (C=O) groups is 2. The maximum absolute atomic E-state index is 14.3. The SMILES string of the molecule is COCCCCn1c(C(=O)N(CC(C)C)[C@H]2C[C@@H](C(C)(C)O)CN(C(=O)OC(C)(C)C)C2)nc2cc(F)c(F)cc21. The maximum atomic E-state index is 14.3. The van der Waals surface area contributed by atoms with E-state index in [-0.39, 0.29) is 36.3 Å². The van der Waals surface area contributed by atoms with E-state index in [2.05, 4.69) is 4.98 Å². The summed E-state index contributed by atoms with van der Waals surface area (Å²) in [5, 5.41) is 11.0. The first-order valence-corrected chi connectivity index (χ1v) is 14.4. The third kappa shape index (κ3) is 8.38. The number of rotatable bonds is 10. The van der Waals surface area contributed by atoms with Crippen molar-refractivity contribution in [3.05, 3.63) is 29.6 Å². The quantitative estimate of drug-likeness (QED) is 0.387. The Morgan fingerprint density at radius 1 is 1.12 bits per heavy atom. The summed E-state index contributed by atoms with van der Waals surface area (Å²) >= 11 is 0. The zero-order chi connectivity index (χ0) is 30.7. The van der Waals surface area contributed by atoms with Gasteiger partial charge >= 0.3 is 6.09 Å². The van der Waals surface area contributed by atoms with Crippen molar-refractivity contribution >= 4 is 23.0 Å². The monoisotopic (exact) mass is 580 g/mol. The minimum Gasteiger partial charge on any atom is -0.444 e. The van der Waals surface area contributed by atoms with E-state index in [1.165, 1.54) is 0 Å². The first-order valence-electron chi connectivity index (χ1n) is 14.4. The Labute approximate surface area is 241 Å². The van der Waals surface area contributed by atoms with Crippen LogP contribution in [0.2, 0.25) is 0 Å². The molecule has 1 fully saturated rings. The van der Waals surface area contributed by atoms with Crippen molar-refractivity contribution in [2.24, 2.45) is 11.8 Å². The van der Waals surface area contributed by atoms with Gasteiger partial charge in [0.2, 0.25) is 0 Å². The summed E-state index contributed by atoms with van der Waals surface area (Å²) in [6.45, 7) is 14.5. The number of methoxy groups -OCH3 is 1. The van der Waals surface area contributed by atoms with Crippen molar-refractivity contribution in [3.63, 3.8) is 0 Å². The number of fused-ring (bicyclic) bond motifs is 1. The number of likely N-dealkylation sites (tertiary alicyclic amines) is 1. The number of amides is 2. The Balaban J connectivity index is 2.05. The molecule has 0 aliphatic carbocycles. The van der Waals surface area contributed by atoms with Crippen molar-refractivity contribution in [1.29, 1.82) is 0 Å². The molecule has 2 heterocycles. The van der Waals surface area contributed by atoms with Crippen LogP contribution < -0.4 is 0 Å². The van der Waals surface area contributed by atoms with Gasteiger partial charge in [0.1, 0.15) is 5.60 Å². The number of imidazole rings is 1. The Hall–Kier alpha value is -2.79. The van der Waals surface area contributed by atoms with Crippen LogP contribution in [0.5, 0.6) is 0 Å². The smallest absolute Gasteiger partial charge is 0.410 e. The fourth-order valence-corrected chi connectivity index (χ4v) is 5.23. The molecule has 41 heavy (non-hydrogen) atoms. The number of hydrogen-bond donors (Lipinski definition) is 1. The number of ether oxygens (including phenoxy) is 2. The summed E-state index contributed by atoms with van der Waals surface area (Å²) in [5.41, 5.74) is -1.30. The lowest BCUT2D eigenvalue weighted by molar-refractivity contribution is -0.0481. The minimum atomic E-state index is -1.12. The van der Waals surface area contributed by atoms with E-state index in [4.69, 9.17) is 9.47 Å². The summed E-state index contributed by atoms with van der Waals surface area (Å²) in [5.74, 6) is -2.61. The number of piperidine rings is 1. The molecule has 9 nitrogen and oxygen atoms in total. The van der Waals surface area contributed by atoms with Gasteiger partial charge in [-0.25, -0.2) is 18.6 Å². The van der Waals surface area contributed by atoms with Crippen LogP contribution in [0, 0.1) is 23.5 Å². The van der Waals surface area contributed by atoms with E-state index in [9.17, 15) is 23.5 Å². The zero-order valence-electron chi connectivity index (χ0n) is 25.7. The Morgan fingerprint density at radius 3 is 2.37 bits per heavy atom. The van der Waals surface area contributed by atoms with Gasteiger partial charge in [-0.3, -0.25) is 4.79 Å². The summed E-state index contributed by atoms with van der Waals surface area (Å²) in [7, 11) is 1.61. The van der Waals surface area contributed by atoms with Crippen LogP contribution in [0.15, 0.2) is 12.1 Å². The molecule has 0 spiro atoms. The first-order chi connectivity index (χ1) is 19.0. The van der Waals surface area contributed by atoms with Crippen LogP contribution in [-0.4, -0.2) is 87.1 Å². The van der Waals surface area contributed by atoms with E-state index in [0.717, 1.165) is 12.1 Å². The van der Waals surface area contributed by atoms with Crippen molar-refractivity contribution in [3.8, 4) is 0 Å². The fourth-order valence-electron chi connectivity index (χ4n) is 5.23. The first kappa shape index (κ1) is 32.7. The number of carbonyl (C=O) groups excluding carboxylic acids is 2. The van der Waals surface area contributed by atoms with Crippen molar-refractivity contribution in [2.75, 3.05) is 33.4 Å². The van der Waals surface area contributed by atoms with Crippen molar-refractivity contribution in [1.82, 2.24) is 19.4 Å². The highest BCUT2D eigenvalue weighted by atomic mass is 19.2. The molecule has 2 atom stereocenters. The molecule has 1 aromatic heterocycles. The molecular weight excluding hydrogens is 534 g/mol. The number of nitrogens with zero attached hydrogens (tertiary/aromatic N) is 4. The van der Waals surface area contributed by atoms with Gasteiger partial charge in [0.05, 0.1) is 22.7 Å². The van der Waals surface area contributed by atoms with Crippen LogP contribution >= 0.6 is 0 Å². The summed E-state index contributed by atoms with van der Waals surface area (Å²) in [6.07, 6.45) is 1.30. The number of aliphatic hydroxyl groups is 1. The summed E-state index contributed by atoms with van der Waals surface area (Å²) < 4.78 is 40.9. The molecule has 230 valence electrons. The molecule has 0 unspecified atom stereocenters. The molecule has 1 saturated heterocycles. The number of halogens is 2. The van der Waals surface area contributed by atoms with Gasteiger partial charge in [0, 0.05) is 57.9 Å². The third-order valence-electron chi connectivity index (χ3n) is 7.30. The molecule has 1 aromatic carbocycles. The predicted molar refractivity (Wildman–Crippen MR) is 153 cm³/mol. The molecule has 1 N–H and O–H groups in total. The molecule has 0 saturated carbocycles. The van der Waals surface area contributed by atoms with Crippen LogP contribution in [0.25, 0.3) is 11.0 Å². The van der Waals surface area contributed by atoms with E-state index in [1.807, 2.05) is 13.8 Å². The Morgan fingerprint density at radius 2 is 1.78 bits per heavy atom. The average Bonchev–Trinajstić information content (AvgIpc) is 3.20. The van der Waals surface area contributed by atoms with Gasteiger partial charge in [-0.2, -0.15) is 0 Å². The number of aryl methyl sites for hydroxylation is 1. The van der Waals surface area contributed by atoms with Crippen LogP contribution in [0.3, 0.4) is 0 Å². The molecule has 2 amide bonds. The summed E-state index contributed by atoms with van der Waals surface area (Å²) in [6, 6.07) is 1.64. The molecule has 2 aromatic rings. The largest absolute Gasteiger partial charge is 0.444 e. The second kappa shape index (κ2) is 13.0. The molecular formula is C30H46F2N4O5. The number of unbranched alkanes of at least 4 members (excludes halogenated alkanes) is 1. The molecule has 1 aliphatic heterocycles. The van der Waals surface area contributed by atoms with E-state index in [1.54, 1.807) is 56.1 Å². The Bertz CT molecular complexity index is 1220. The topological polar surface area (TPSA) is 97.1 Å². The Kier molecular flexibility index (Phi) is 10.4. The number of benzene rings is 1. The van der Waals surface area contributed by atoms with Crippen LogP contribution in [-0.2, 0) is 16.0 Å². The molecule has 0 bridgehead atoms. The average molecular weight is 581 g/mol. The van der Waals surface area contributed by atoms with E-state index >= 15 is 0 Å². The van der Waals surface area contributed by atoms with Crippen LogP contribution in [0.1, 0.15) is 78.3 Å². The lowest BCUT2D eigenvalue weighted by atomic mass is 9.81. The summed E-state index contributed by atoms with van der Waals surface area (Å²) in [4.78, 5) is 35.2. The van der Waals surface area contributed by atoms with Crippen LogP contribution in [0.4, 0.5) is 13.6 Å². The van der Waals surface area contributed by atoms with E-state index in [0.29, 0.717) is 44.5 Å². The molecule has 11 heteroatoms. The molecule has 1 aliphatic rings. The fraction of sp³-hybridized carbons (Fsp3) is 0.700.